The maximum Gasteiger partial charge on any atom is 0.318 e. The molecule has 3 N–H and O–H groups in total. The molecule has 0 unspecified atom stereocenters. The summed E-state index contributed by atoms with van der Waals surface area (Å²) in [5, 5.41) is 21.0. The number of oxime groups is 1. The molecule has 0 radical (unpaired) electrons. The monoisotopic (exact) mass is 724 g/mol. The number of urea groups is 1. The highest BCUT2D eigenvalue weighted by atomic mass is 32.2. The van der Waals surface area contributed by atoms with Crippen molar-refractivity contribution in [1.29, 1.82) is 0 Å². The molecule has 50 heavy (non-hydrogen) atoms. The standard InChI is InChI=1S/C37H52N6O5S2/c1-6-27(4)34(41-37(45)42(5)24-32-25-49-36(40-32)26(2)3)35(44)39-31(21-28-11-8-7-9-12-28)19-20-43(23-30-13-10-14-30)50(47,48)33-17-15-29(16-18-33)22-38-46/h7-9,11-12,15-18,22,25-27,30-31,34,46H,6,10,13-14,19-21,23-24H2,1-5H3,(H,39,44)(H,41,45)/t27-,31+,34-/m0/s1. The third-order valence-corrected chi connectivity index (χ3v) is 12.5. The number of amides is 3. The van der Waals surface area contributed by atoms with Crippen LogP contribution in [0.15, 0.2) is 70.0 Å². The lowest BCUT2D eigenvalue weighted by molar-refractivity contribution is -0.124. The predicted molar refractivity (Wildman–Crippen MR) is 198 cm³/mol. The molecule has 0 spiro atoms. The van der Waals surface area contributed by atoms with E-state index >= 15 is 0 Å². The van der Waals surface area contributed by atoms with E-state index in [0.29, 0.717) is 43.8 Å². The van der Waals surface area contributed by atoms with Gasteiger partial charge in [0.25, 0.3) is 0 Å². The summed E-state index contributed by atoms with van der Waals surface area (Å²) in [4.78, 5) is 33.7. The van der Waals surface area contributed by atoms with Crippen molar-refractivity contribution in [2.45, 2.75) is 95.7 Å². The van der Waals surface area contributed by atoms with E-state index in [1.807, 2.05) is 49.6 Å². The summed E-state index contributed by atoms with van der Waals surface area (Å²) in [5.41, 5.74) is 2.40. The smallest absolute Gasteiger partial charge is 0.318 e. The van der Waals surface area contributed by atoms with Crippen molar-refractivity contribution in [2.24, 2.45) is 17.0 Å². The molecule has 3 atom stereocenters. The van der Waals surface area contributed by atoms with Gasteiger partial charge in [-0.05, 0) is 60.8 Å². The molecule has 3 aromatic rings. The largest absolute Gasteiger partial charge is 0.411 e. The quantitative estimate of drug-likeness (QED) is 0.0805. The van der Waals surface area contributed by atoms with Gasteiger partial charge >= 0.3 is 6.03 Å². The van der Waals surface area contributed by atoms with Gasteiger partial charge in [0.15, 0.2) is 0 Å². The van der Waals surface area contributed by atoms with E-state index in [1.165, 1.54) is 23.2 Å². The third-order valence-electron chi connectivity index (χ3n) is 9.39. The number of rotatable bonds is 18. The average Bonchev–Trinajstić information content (AvgIpc) is 3.55. The summed E-state index contributed by atoms with van der Waals surface area (Å²) in [6.45, 7) is 9.03. The van der Waals surface area contributed by atoms with Crippen LogP contribution < -0.4 is 10.6 Å². The zero-order chi connectivity index (χ0) is 36.3. The van der Waals surface area contributed by atoms with Gasteiger partial charge in [-0.15, -0.1) is 11.3 Å². The fourth-order valence-electron chi connectivity index (χ4n) is 5.85. The van der Waals surface area contributed by atoms with Gasteiger partial charge in [-0.1, -0.05) is 88.2 Å². The van der Waals surface area contributed by atoms with Crippen LogP contribution in [0.3, 0.4) is 0 Å². The van der Waals surface area contributed by atoms with Crippen molar-refractivity contribution >= 4 is 39.5 Å². The molecule has 1 aliphatic rings. The molecule has 0 saturated heterocycles. The molecule has 4 rings (SSSR count). The minimum atomic E-state index is -3.84. The molecule has 1 fully saturated rings. The zero-order valence-electron chi connectivity index (χ0n) is 29.8. The summed E-state index contributed by atoms with van der Waals surface area (Å²) in [5.74, 6) is 0.147. The van der Waals surface area contributed by atoms with Crippen molar-refractivity contribution in [3.63, 3.8) is 0 Å². The summed E-state index contributed by atoms with van der Waals surface area (Å²) in [6, 6.07) is 14.5. The third kappa shape index (κ3) is 10.8. The van der Waals surface area contributed by atoms with Crippen molar-refractivity contribution in [3.8, 4) is 0 Å². The van der Waals surface area contributed by atoms with Gasteiger partial charge in [-0.3, -0.25) is 4.79 Å². The van der Waals surface area contributed by atoms with Gasteiger partial charge in [0.1, 0.15) is 6.04 Å². The molecular formula is C37H52N6O5S2. The summed E-state index contributed by atoms with van der Waals surface area (Å²) >= 11 is 1.57. The Labute approximate surface area is 301 Å². The summed E-state index contributed by atoms with van der Waals surface area (Å²) < 4.78 is 29.5. The first-order chi connectivity index (χ1) is 23.9. The first-order valence-corrected chi connectivity index (χ1v) is 19.8. The Balaban J connectivity index is 1.51. The molecule has 2 aromatic carbocycles. The van der Waals surface area contributed by atoms with E-state index in [0.717, 1.165) is 35.5 Å². The number of aromatic nitrogens is 1. The van der Waals surface area contributed by atoms with E-state index < -0.39 is 22.1 Å². The van der Waals surface area contributed by atoms with Crippen LogP contribution in [0.1, 0.15) is 87.5 Å². The predicted octanol–water partition coefficient (Wildman–Crippen LogP) is 6.24. The Morgan fingerprint density at radius 1 is 1.08 bits per heavy atom. The van der Waals surface area contributed by atoms with Crippen molar-refractivity contribution in [1.82, 2.24) is 24.8 Å². The number of nitrogens with one attached hydrogen (secondary N) is 2. The Morgan fingerprint density at radius 2 is 1.78 bits per heavy atom. The van der Waals surface area contributed by atoms with Crippen LogP contribution in [0.25, 0.3) is 0 Å². The molecule has 1 heterocycles. The first kappa shape index (κ1) is 39.0. The van der Waals surface area contributed by atoms with Crippen LogP contribution in [0.2, 0.25) is 0 Å². The number of hydrogen-bond donors (Lipinski definition) is 3. The van der Waals surface area contributed by atoms with E-state index in [2.05, 4.69) is 34.6 Å². The fraction of sp³-hybridized carbons (Fsp3) is 0.514. The Bertz CT molecular complexity index is 1660. The molecule has 3 amide bonds. The minimum absolute atomic E-state index is 0.147. The number of nitrogens with zero attached hydrogens (tertiary/aromatic N) is 4. The van der Waals surface area contributed by atoms with Crippen LogP contribution in [0.4, 0.5) is 4.79 Å². The highest BCUT2D eigenvalue weighted by molar-refractivity contribution is 7.89. The molecule has 0 aliphatic heterocycles. The van der Waals surface area contributed by atoms with E-state index in [1.54, 1.807) is 34.8 Å². The number of thiazole rings is 1. The summed E-state index contributed by atoms with van der Waals surface area (Å²) in [7, 11) is -2.15. The number of hydrogen-bond acceptors (Lipinski definition) is 8. The van der Waals surface area contributed by atoms with Gasteiger partial charge in [0.2, 0.25) is 15.9 Å². The molecule has 13 heteroatoms. The minimum Gasteiger partial charge on any atom is -0.411 e. The number of carbonyl (C=O) groups is 2. The number of sulfonamides is 1. The Kier molecular flexibility index (Phi) is 14.4. The Morgan fingerprint density at radius 3 is 2.36 bits per heavy atom. The average molecular weight is 725 g/mol. The van der Waals surface area contributed by atoms with Gasteiger partial charge in [-0.2, -0.15) is 4.31 Å². The molecule has 1 aliphatic carbocycles. The van der Waals surface area contributed by atoms with Gasteiger partial charge in [-0.25, -0.2) is 18.2 Å². The van der Waals surface area contributed by atoms with Crippen LogP contribution in [-0.2, 0) is 27.8 Å². The van der Waals surface area contributed by atoms with Crippen LogP contribution in [0.5, 0.6) is 0 Å². The van der Waals surface area contributed by atoms with Crippen LogP contribution in [-0.4, -0.2) is 78.2 Å². The van der Waals surface area contributed by atoms with Crippen LogP contribution >= 0.6 is 11.3 Å². The highest BCUT2D eigenvalue weighted by Crippen LogP contribution is 2.30. The molecule has 11 nitrogen and oxygen atoms in total. The highest BCUT2D eigenvalue weighted by Gasteiger charge is 2.32. The van der Waals surface area contributed by atoms with E-state index in [4.69, 9.17) is 5.21 Å². The second-order valence-electron chi connectivity index (χ2n) is 13.7. The molecule has 0 bridgehead atoms. The molecule has 1 saturated carbocycles. The molecular weight excluding hydrogens is 673 g/mol. The topological polar surface area (TPSA) is 144 Å². The second kappa shape index (κ2) is 18.4. The van der Waals surface area contributed by atoms with E-state index in [9.17, 15) is 18.0 Å². The SMILES string of the molecule is CC[C@H](C)[C@H](NC(=O)N(C)Cc1csc(C(C)C)n1)C(=O)N[C@H](CCN(CC1CCC1)S(=O)(=O)c1ccc(C=NO)cc1)Cc1ccccc1. The second-order valence-corrected chi connectivity index (χ2v) is 16.5. The maximum atomic E-state index is 14.0. The molecule has 272 valence electrons. The lowest BCUT2D eigenvalue weighted by Gasteiger charge is -2.33. The first-order valence-electron chi connectivity index (χ1n) is 17.5. The summed E-state index contributed by atoms with van der Waals surface area (Å²) in [6.07, 6.45) is 5.85. The van der Waals surface area contributed by atoms with Gasteiger partial charge in [0, 0.05) is 37.5 Å². The van der Waals surface area contributed by atoms with E-state index in [-0.39, 0.29) is 35.2 Å². The zero-order valence-corrected chi connectivity index (χ0v) is 31.4. The van der Waals surface area contributed by atoms with Gasteiger partial charge in [0.05, 0.1) is 28.4 Å². The van der Waals surface area contributed by atoms with Crippen molar-refractivity contribution in [2.75, 3.05) is 20.1 Å². The Hall–Kier alpha value is -3.81. The number of carbonyl (C=O) groups excluding carboxylic acids is 2. The van der Waals surface area contributed by atoms with Crippen molar-refractivity contribution in [3.05, 3.63) is 81.8 Å². The van der Waals surface area contributed by atoms with Crippen molar-refractivity contribution < 1.29 is 23.2 Å². The molecule has 1 aromatic heterocycles. The van der Waals surface area contributed by atoms with Crippen LogP contribution in [0, 0.1) is 11.8 Å². The normalized spacial score (nSPS) is 15.5. The number of benzene rings is 2. The fourth-order valence-corrected chi connectivity index (χ4v) is 8.21. The lowest BCUT2D eigenvalue weighted by Crippen LogP contribution is -2.55. The lowest BCUT2D eigenvalue weighted by atomic mass is 9.85. The maximum absolute atomic E-state index is 14.0. The van der Waals surface area contributed by atoms with Gasteiger partial charge < -0.3 is 20.7 Å².